The predicted molar refractivity (Wildman–Crippen MR) is 81.0 cm³/mol. The lowest BCUT2D eigenvalue weighted by atomic mass is 10.2. The normalized spacial score (nSPS) is 10.8. The minimum absolute atomic E-state index is 0.137. The van der Waals surface area contributed by atoms with Crippen LogP contribution in [-0.2, 0) is 13.2 Å². The number of aryl methyl sites for hydroxylation is 1. The highest BCUT2D eigenvalue weighted by atomic mass is 16.5. The highest BCUT2D eigenvalue weighted by Gasteiger charge is 2.06. The highest BCUT2D eigenvalue weighted by Crippen LogP contribution is 2.19. The summed E-state index contributed by atoms with van der Waals surface area (Å²) in [7, 11) is 0. The Balaban J connectivity index is 1.80. The van der Waals surface area contributed by atoms with Gasteiger partial charge in [0.05, 0.1) is 17.8 Å². The summed E-state index contributed by atoms with van der Waals surface area (Å²) in [6.07, 6.45) is 0. The molecule has 21 heavy (non-hydrogen) atoms. The molecule has 1 aromatic carbocycles. The molecule has 0 bridgehead atoms. The lowest BCUT2D eigenvalue weighted by Crippen LogP contribution is -2.03. The Bertz CT molecular complexity index is 772. The van der Waals surface area contributed by atoms with Gasteiger partial charge in [-0.15, -0.1) is 0 Å². The smallest absolute Gasteiger partial charge is 0.143 e. The van der Waals surface area contributed by atoms with Crippen molar-refractivity contribution < 1.29 is 9.84 Å². The van der Waals surface area contributed by atoms with E-state index in [4.69, 9.17) is 4.74 Å². The van der Waals surface area contributed by atoms with Crippen LogP contribution in [0.2, 0.25) is 0 Å². The van der Waals surface area contributed by atoms with Crippen LogP contribution in [0.15, 0.2) is 48.5 Å². The quantitative estimate of drug-likeness (QED) is 0.798. The van der Waals surface area contributed by atoms with Crippen molar-refractivity contribution in [2.75, 3.05) is 0 Å². The molecule has 0 fully saturated rings. The number of aliphatic hydroxyl groups excluding tert-OH is 1. The summed E-state index contributed by atoms with van der Waals surface area (Å²) in [5.41, 5.74) is 3.20. The van der Waals surface area contributed by atoms with E-state index in [2.05, 4.69) is 9.97 Å². The fourth-order valence-electron chi connectivity index (χ4n) is 2.18. The fourth-order valence-corrected chi connectivity index (χ4v) is 2.18. The lowest BCUT2D eigenvalue weighted by Gasteiger charge is -2.10. The van der Waals surface area contributed by atoms with E-state index in [1.54, 1.807) is 0 Å². The molecule has 0 aliphatic heterocycles. The van der Waals surface area contributed by atoms with Crippen LogP contribution >= 0.6 is 0 Å². The first-order chi connectivity index (χ1) is 10.3. The first kappa shape index (κ1) is 13.5. The zero-order valence-electron chi connectivity index (χ0n) is 11.8. The van der Waals surface area contributed by atoms with E-state index in [9.17, 15) is 5.11 Å². The second-order valence-electron chi connectivity index (χ2n) is 4.84. The highest BCUT2D eigenvalue weighted by molar-refractivity contribution is 5.78. The molecule has 0 saturated carbocycles. The number of rotatable bonds is 4. The summed E-state index contributed by atoms with van der Waals surface area (Å²) >= 11 is 0. The van der Waals surface area contributed by atoms with Gasteiger partial charge in [0.25, 0.3) is 0 Å². The van der Waals surface area contributed by atoms with Gasteiger partial charge in [0.2, 0.25) is 0 Å². The SMILES string of the molecule is Cc1ccc(OCc2ccc3ccccc3n2)c(CO)n1. The van der Waals surface area contributed by atoms with Crippen molar-refractivity contribution in [2.45, 2.75) is 20.1 Å². The molecule has 106 valence electrons. The molecule has 1 N–H and O–H groups in total. The van der Waals surface area contributed by atoms with Crippen LogP contribution < -0.4 is 4.74 Å². The minimum Gasteiger partial charge on any atom is -0.485 e. The molecule has 0 spiro atoms. The van der Waals surface area contributed by atoms with Crippen molar-refractivity contribution in [1.82, 2.24) is 9.97 Å². The van der Waals surface area contributed by atoms with Gasteiger partial charge in [0, 0.05) is 11.1 Å². The number of aromatic nitrogens is 2. The molecular formula is C17H16N2O2. The van der Waals surface area contributed by atoms with E-state index in [0.29, 0.717) is 18.1 Å². The van der Waals surface area contributed by atoms with Crippen LogP contribution in [0.1, 0.15) is 17.1 Å². The summed E-state index contributed by atoms with van der Waals surface area (Å²) in [4.78, 5) is 8.81. The zero-order valence-corrected chi connectivity index (χ0v) is 11.8. The summed E-state index contributed by atoms with van der Waals surface area (Å²) in [5, 5.41) is 10.4. The topological polar surface area (TPSA) is 55.2 Å². The first-order valence-electron chi connectivity index (χ1n) is 6.81. The molecule has 4 heteroatoms. The molecule has 0 amide bonds. The van der Waals surface area contributed by atoms with Crippen molar-refractivity contribution in [2.24, 2.45) is 0 Å². The van der Waals surface area contributed by atoms with Crippen LogP contribution in [0.3, 0.4) is 0 Å². The summed E-state index contributed by atoms with van der Waals surface area (Å²) in [6, 6.07) is 15.6. The minimum atomic E-state index is -0.137. The Kier molecular flexibility index (Phi) is 3.79. The van der Waals surface area contributed by atoms with Gasteiger partial charge in [-0.25, -0.2) is 4.98 Å². The first-order valence-corrected chi connectivity index (χ1v) is 6.81. The largest absolute Gasteiger partial charge is 0.485 e. The van der Waals surface area contributed by atoms with Crippen LogP contribution in [0.5, 0.6) is 5.75 Å². The van der Waals surface area contributed by atoms with Gasteiger partial charge >= 0.3 is 0 Å². The van der Waals surface area contributed by atoms with Crippen molar-refractivity contribution in [3.63, 3.8) is 0 Å². The van der Waals surface area contributed by atoms with Crippen molar-refractivity contribution >= 4 is 10.9 Å². The van der Waals surface area contributed by atoms with Gasteiger partial charge in [-0.05, 0) is 31.2 Å². The molecular weight excluding hydrogens is 264 g/mol. The molecule has 0 atom stereocenters. The van der Waals surface area contributed by atoms with Crippen molar-refractivity contribution in [3.8, 4) is 5.75 Å². The molecule has 2 aromatic heterocycles. The Morgan fingerprint density at radius 3 is 2.71 bits per heavy atom. The maximum atomic E-state index is 9.32. The number of para-hydroxylation sites is 1. The standard InChI is InChI=1S/C17H16N2O2/c1-12-6-9-17(16(10-20)18-12)21-11-14-8-7-13-4-2-3-5-15(13)19-14/h2-9,20H,10-11H2,1H3. The average Bonchev–Trinajstić information content (AvgIpc) is 2.53. The molecule has 3 aromatic rings. The van der Waals surface area contributed by atoms with Gasteiger partial charge in [-0.3, -0.25) is 4.98 Å². The molecule has 0 saturated heterocycles. The van der Waals surface area contributed by atoms with E-state index in [0.717, 1.165) is 22.3 Å². The van der Waals surface area contributed by atoms with E-state index < -0.39 is 0 Å². The number of hydrogen-bond donors (Lipinski definition) is 1. The van der Waals surface area contributed by atoms with Crippen LogP contribution in [0.4, 0.5) is 0 Å². The van der Waals surface area contributed by atoms with Gasteiger partial charge in [-0.2, -0.15) is 0 Å². The number of nitrogens with zero attached hydrogens (tertiary/aromatic N) is 2. The predicted octanol–water partition coefficient (Wildman–Crippen LogP) is 3.01. The Morgan fingerprint density at radius 1 is 1.00 bits per heavy atom. The molecule has 0 aliphatic rings. The number of benzene rings is 1. The zero-order chi connectivity index (χ0) is 14.7. The monoisotopic (exact) mass is 280 g/mol. The third kappa shape index (κ3) is 3.01. The van der Waals surface area contributed by atoms with Gasteiger partial charge in [-0.1, -0.05) is 24.3 Å². The van der Waals surface area contributed by atoms with E-state index >= 15 is 0 Å². The summed E-state index contributed by atoms with van der Waals surface area (Å²) in [6.45, 7) is 2.10. The van der Waals surface area contributed by atoms with Crippen molar-refractivity contribution in [3.05, 3.63) is 65.6 Å². The lowest BCUT2D eigenvalue weighted by molar-refractivity contribution is 0.252. The Morgan fingerprint density at radius 2 is 1.86 bits per heavy atom. The van der Waals surface area contributed by atoms with E-state index in [-0.39, 0.29) is 6.61 Å². The third-order valence-corrected chi connectivity index (χ3v) is 3.25. The maximum Gasteiger partial charge on any atom is 0.143 e. The van der Waals surface area contributed by atoms with Crippen LogP contribution in [-0.4, -0.2) is 15.1 Å². The second-order valence-corrected chi connectivity index (χ2v) is 4.84. The average molecular weight is 280 g/mol. The van der Waals surface area contributed by atoms with Gasteiger partial charge in [0.1, 0.15) is 18.1 Å². The molecule has 2 heterocycles. The van der Waals surface area contributed by atoms with Crippen molar-refractivity contribution in [1.29, 1.82) is 0 Å². The third-order valence-electron chi connectivity index (χ3n) is 3.25. The van der Waals surface area contributed by atoms with E-state index in [1.807, 2.05) is 55.5 Å². The van der Waals surface area contributed by atoms with E-state index in [1.165, 1.54) is 0 Å². The maximum absolute atomic E-state index is 9.32. The summed E-state index contributed by atoms with van der Waals surface area (Å²) < 4.78 is 5.73. The molecule has 3 rings (SSSR count). The number of pyridine rings is 2. The van der Waals surface area contributed by atoms with Crippen LogP contribution in [0.25, 0.3) is 10.9 Å². The Hall–Kier alpha value is -2.46. The van der Waals surface area contributed by atoms with Gasteiger partial charge < -0.3 is 9.84 Å². The number of hydrogen-bond acceptors (Lipinski definition) is 4. The number of fused-ring (bicyclic) bond motifs is 1. The molecule has 0 aliphatic carbocycles. The number of ether oxygens (including phenoxy) is 1. The fraction of sp³-hybridized carbons (Fsp3) is 0.176. The summed E-state index contributed by atoms with van der Waals surface area (Å²) in [5.74, 6) is 0.595. The molecule has 0 radical (unpaired) electrons. The van der Waals surface area contributed by atoms with Gasteiger partial charge in [0.15, 0.2) is 0 Å². The second kappa shape index (κ2) is 5.89. The Labute approximate surface area is 123 Å². The molecule has 4 nitrogen and oxygen atoms in total. The van der Waals surface area contributed by atoms with Crippen LogP contribution in [0, 0.1) is 6.92 Å². The number of aliphatic hydroxyl groups is 1. The molecule has 0 unspecified atom stereocenters.